The van der Waals surface area contributed by atoms with Gasteiger partial charge in [-0.05, 0) is 37.0 Å². The van der Waals surface area contributed by atoms with Crippen molar-refractivity contribution in [3.63, 3.8) is 0 Å². The van der Waals surface area contributed by atoms with Crippen molar-refractivity contribution in [2.75, 3.05) is 0 Å². The second-order valence-corrected chi connectivity index (χ2v) is 6.38. The SMILES string of the molecule is CCc1ccc(S(=O)(=O)OC2CCCCC2)cc1. The largest absolute Gasteiger partial charge is 0.297 e. The van der Waals surface area contributed by atoms with E-state index in [9.17, 15) is 8.42 Å². The lowest BCUT2D eigenvalue weighted by atomic mass is 9.98. The van der Waals surface area contributed by atoms with Crippen molar-refractivity contribution >= 4 is 10.1 Å². The van der Waals surface area contributed by atoms with Gasteiger partial charge >= 0.3 is 0 Å². The predicted molar refractivity (Wildman–Crippen MR) is 71.0 cm³/mol. The van der Waals surface area contributed by atoms with Gasteiger partial charge in [0.05, 0.1) is 11.0 Å². The summed E-state index contributed by atoms with van der Waals surface area (Å²) in [5.74, 6) is 0. The highest BCUT2D eigenvalue weighted by atomic mass is 32.2. The van der Waals surface area contributed by atoms with Crippen molar-refractivity contribution in [1.82, 2.24) is 0 Å². The lowest BCUT2D eigenvalue weighted by Gasteiger charge is -2.21. The van der Waals surface area contributed by atoms with Crippen molar-refractivity contribution in [3.8, 4) is 0 Å². The molecule has 0 unspecified atom stereocenters. The van der Waals surface area contributed by atoms with Gasteiger partial charge in [-0.3, -0.25) is 4.18 Å². The first-order valence-electron chi connectivity index (χ1n) is 6.64. The highest BCUT2D eigenvalue weighted by molar-refractivity contribution is 7.86. The van der Waals surface area contributed by atoms with Gasteiger partial charge in [-0.15, -0.1) is 0 Å². The van der Waals surface area contributed by atoms with E-state index in [0.29, 0.717) is 0 Å². The lowest BCUT2D eigenvalue weighted by molar-refractivity contribution is 0.162. The zero-order valence-corrected chi connectivity index (χ0v) is 11.6. The minimum atomic E-state index is -3.58. The fourth-order valence-corrected chi connectivity index (χ4v) is 3.42. The maximum atomic E-state index is 12.1. The van der Waals surface area contributed by atoms with E-state index in [1.54, 1.807) is 12.1 Å². The summed E-state index contributed by atoms with van der Waals surface area (Å²) in [5.41, 5.74) is 1.13. The maximum absolute atomic E-state index is 12.1. The standard InChI is InChI=1S/C14H20O3S/c1-2-12-8-10-14(11-9-12)18(15,16)17-13-6-4-3-5-7-13/h8-11,13H,2-7H2,1H3. The van der Waals surface area contributed by atoms with Gasteiger partial charge in [-0.2, -0.15) is 8.42 Å². The molecule has 1 aliphatic carbocycles. The van der Waals surface area contributed by atoms with Crippen LogP contribution in [-0.4, -0.2) is 14.5 Å². The van der Waals surface area contributed by atoms with E-state index in [2.05, 4.69) is 0 Å². The Bertz CT molecular complexity index is 470. The van der Waals surface area contributed by atoms with Crippen LogP contribution in [0.2, 0.25) is 0 Å². The van der Waals surface area contributed by atoms with E-state index >= 15 is 0 Å². The lowest BCUT2D eigenvalue weighted by Crippen LogP contribution is -2.21. The molecule has 0 bridgehead atoms. The molecule has 0 amide bonds. The summed E-state index contributed by atoms with van der Waals surface area (Å²) in [4.78, 5) is 0.269. The molecule has 0 heterocycles. The molecular weight excluding hydrogens is 248 g/mol. The quantitative estimate of drug-likeness (QED) is 0.787. The average molecular weight is 268 g/mol. The molecule has 100 valence electrons. The number of hydrogen-bond acceptors (Lipinski definition) is 3. The predicted octanol–water partition coefficient (Wildman–Crippen LogP) is 3.29. The molecule has 1 aliphatic rings. The van der Waals surface area contributed by atoms with Gasteiger partial charge < -0.3 is 0 Å². The minimum absolute atomic E-state index is 0.130. The van der Waals surface area contributed by atoms with Crippen LogP contribution in [0.4, 0.5) is 0 Å². The molecule has 3 nitrogen and oxygen atoms in total. The number of hydrogen-bond donors (Lipinski definition) is 0. The zero-order valence-electron chi connectivity index (χ0n) is 10.8. The molecule has 1 aromatic rings. The van der Waals surface area contributed by atoms with E-state index < -0.39 is 10.1 Å². The summed E-state index contributed by atoms with van der Waals surface area (Å²) in [6.07, 6.45) is 5.80. The van der Waals surface area contributed by atoms with Crippen LogP contribution in [0.5, 0.6) is 0 Å². The zero-order chi connectivity index (χ0) is 13.0. The molecule has 1 saturated carbocycles. The molecule has 0 atom stereocenters. The van der Waals surface area contributed by atoms with Gasteiger partial charge in [-0.1, -0.05) is 38.3 Å². The van der Waals surface area contributed by atoms with E-state index in [1.165, 1.54) is 6.42 Å². The third-order valence-corrected chi connectivity index (χ3v) is 4.81. The summed E-state index contributed by atoms with van der Waals surface area (Å²) in [6, 6.07) is 6.96. The first-order valence-corrected chi connectivity index (χ1v) is 8.05. The van der Waals surface area contributed by atoms with Crippen molar-refractivity contribution in [2.45, 2.75) is 56.4 Å². The number of aryl methyl sites for hydroxylation is 1. The topological polar surface area (TPSA) is 43.4 Å². The van der Waals surface area contributed by atoms with E-state index in [-0.39, 0.29) is 11.0 Å². The normalized spacial score (nSPS) is 17.8. The third-order valence-electron chi connectivity index (χ3n) is 3.44. The van der Waals surface area contributed by atoms with Crippen LogP contribution in [0.15, 0.2) is 29.2 Å². The summed E-state index contributed by atoms with van der Waals surface area (Å²) in [6.45, 7) is 2.04. The molecule has 18 heavy (non-hydrogen) atoms. The van der Waals surface area contributed by atoms with Crippen LogP contribution in [0, 0.1) is 0 Å². The van der Waals surface area contributed by atoms with Gasteiger partial charge in [0.1, 0.15) is 0 Å². The summed E-state index contributed by atoms with van der Waals surface area (Å²) >= 11 is 0. The smallest absolute Gasteiger partial charge is 0.263 e. The molecule has 0 aromatic heterocycles. The molecule has 0 radical (unpaired) electrons. The fourth-order valence-electron chi connectivity index (χ4n) is 2.29. The van der Waals surface area contributed by atoms with Crippen LogP contribution in [-0.2, 0) is 20.7 Å². The molecule has 1 fully saturated rings. The van der Waals surface area contributed by atoms with Crippen LogP contribution < -0.4 is 0 Å². The van der Waals surface area contributed by atoms with Gasteiger partial charge in [0.15, 0.2) is 0 Å². The second kappa shape index (κ2) is 5.85. The Kier molecular flexibility index (Phi) is 4.40. The maximum Gasteiger partial charge on any atom is 0.297 e. The van der Waals surface area contributed by atoms with Gasteiger partial charge in [0, 0.05) is 0 Å². The van der Waals surface area contributed by atoms with E-state index in [4.69, 9.17) is 4.18 Å². The van der Waals surface area contributed by atoms with Crippen LogP contribution in [0.25, 0.3) is 0 Å². The Hall–Kier alpha value is -0.870. The second-order valence-electron chi connectivity index (χ2n) is 4.81. The first-order chi connectivity index (χ1) is 8.62. The molecular formula is C14H20O3S. The van der Waals surface area contributed by atoms with Crippen LogP contribution in [0.1, 0.15) is 44.6 Å². The highest BCUT2D eigenvalue weighted by Crippen LogP contribution is 2.24. The average Bonchev–Trinajstić information content (AvgIpc) is 2.39. The van der Waals surface area contributed by atoms with Gasteiger partial charge in [-0.25, -0.2) is 0 Å². The van der Waals surface area contributed by atoms with E-state index in [1.807, 2.05) is 19.1 Å². The molecule has 2 rings (SSSR count). The minimum Gasteiger partial charge on any atom is -0.263 e. The van der Waals surface area contributed by atoms with Crippen LogP contribution >= 0.6 is 0 Å². The fraction of sp³-hybridized carbons (Fsp3) is 0.571. The summed E-state index contributed by atoms with van der Waals surface area (Å²) in [5, 5.41) is 0. The highest BCUT2D eigenvalue weighted by Gasteiger charge is 2.23. The molecule has 0 aliphatic heterocycles. The van der Waals surface area contributed by atoms with Crippen molar-refractivity contribution in [1.29, 1.82) is 0 Å². The molecule has 0 spiro atoms. The first kappa shape index (κ1) is 13.6. The molecule has 4 heteroatoms. The van der Waals surface area contributed by atoms with Crippen LogP contribution in [0.3, 0.4) is 0 Å². The number of benzene rings is 1. The molecule has 1 aromatic carbocycles. The molecule has 0 N–H and O–H groups in total. The molecule has 0 saturated heterocycles. The monoisotopic (exact) mass is 268 g/mol. The summed E-state index contributed by atoms with van der Waals surface area (Å²) in [7, 11) is -3.58. The Morgan fingerprint density at radius 3 is 2.28 bits per heavy atom. The van der Waals surface area contributed by atoms with Gasteiger partial charge in [0.25, 0.3) is 10.1 Å². The Morgan fingerprint density at radius 1 is 1.11 bits per heavy atom. The van der Waals surface area contributed by atoms with Gasteiger partial charge in [0.2, 0.25) is 0 Å². The Morgan fingerprint density at radius 2 is 1.72 bits per heavy atom. The van der Waals surface area contributed by atoms with Crippen molar-refractivity contribution < 1.29 is 12.6 Å². The van der Waals surface area contributed by atoms with E-state index in [0.717, 1.165) is 37.7 Å². The Labute approximate surface area is 109 Å². The number of rotatable bonds is 4. The van der Waals surface area contributed by atoms with Crippen molar-refractivity contribution in [3.05, 3.63) is 29.8 Å². The third kappa shape index (κ3) is 3.33. The Balaban J connectivity index is 2.08. The summed E-state index contributed by atoms with van der Waals surface area (Å²) < 4.78 is 29.5. The van der Waals surface area contributed by atoms with Crippen molar-refractivity contribution in [2.24, 2.45) is 0 Å².